The number of carbonyl (C=O) groups is 2. The van der Waals surface area contributed by atoms with Gasteiger partial charge in [0, 0.05) is 0 Å². The second kappa shape index (κ2) is 5.84. The minimum absolute atomic E-state index is 0.319. The number of hydrogen-bond acceptors (Lipinski definition) is 3. The molecule has 0 aliphatic rings. The summed E-state index contributed by atoms with van der Waals surface area (Å²) in [4.78, 5) is 22.9. The summed E-state index contributed by atoms with van der Waals surface area (Å²) in [6.45, 7) is 7.47. The van der Waals surface area contributed by atoms with Gasteiger partial charge >= 0.3 is 0 Å². The molecule has 5 nitrogen and oxygen atoms in total. The van der Waals surface area contributed by atoms with Crippen molar-refractivity contribution in [3.05, 3.63) is 0 Å². The SMILES string of the molecule is CCCC(N)C(=O)NC(C(N)=O)C(C)(C)C. The second-order valence-electron chi connectivity index (χ2n) is 5.11. The molecule has 2 unspecified atom stereocenters. The van der Waals surface area contributed by atoms with Crippen LogP contribution in [-0.2, 0) is 9.59 Å². The smallest absolute Gasteiger partial charge is 0.240 e. The van der Waals surface area contributed by atoms with Crippen molar-refractivity contribution in [2.45, 2.75) is 52.6 Å². The molecule has 0 aromatic heterocycles. The van der Waals surface area contributed by atoms with Crippen molar-refractivity contribution in [3.63, 3.8) is 0 Å². The van der Waals surface area contributed by atoms with Crippen LogP contribution in [0.2, 0.25) is 0 Å². The lowest BCUT2D eigenvalue weighted by molar-refractivity contribution is -0.130. The molecule has 0 radical (unpaired) electrons. The van der Waals surface area contributed by atoms with E-state index in [9.17, 15) is 9.59 Å². The number of nitrogens with one attached hydrogen (secondary N) is 1. The van der Waals surface area contributed by atoms with E-state index >= 15 is 0 Å². The molecule has 0 fully saturated rings. The van der Waals surface area contributed by atoms with Crippen LogP contribution in [0.1, 0.15) is 40.5 Å². The van der Waals surface area contributed by atoms with Crippen molar-refractivity contribution in [1.82, 2.24) is 5.32 Å². The number of amides is 2. The summed E-state index contributed by atoms with van der Waals surface area (Å²) in [7, 11) is 0. The third-order valence-electron chi connectivity index (χ3n) is 2.37. The fourth-order valence-electron chi connectivity index (χ4n) is 1.41. The highest BCUT2D eigenvalue weighted by Crippen LogP contribution is 2.19. The molecule has 0 saturated carbocycles. The molecule has 5 heteroatoms. The summed E-state index contributed by atoms with van der Waals surface area (Å²) in [6, 6.07) is -1.27. The first-order valence-electron chi connectivity index (χ1n) is 5.55. The lowest BCUT2D eigenvalue weighted by atomic mass is 9.86. The first-order valence-corrected chi connectivity index (χ1v) is 5.55. The molecule has 0 saturated heterocycles. The van der Waals surface area contributed by atoms with Crippen LogP contribution in [0.3, 0.4) is 0 Å². The van der Waals surface area contributed by atoms with Gasteiger partial charge in [-0.3, -0.25) is 9.59 Å². The average molecular weight is 229 g/mol. The lowest BCUT2D eigenvalue weighted by Crippen LogP contribution is -2.55. The second-order valence-corrected chi connectivity index (χ2v) is 5.11. The van der Waals surface area contributed by atoms with Crippen LogP contribution in [0.25, 0.3) is 0 Å². The van der Waals surface area contributed by atoms with Crippen LogP contribution in [0.15, 0.2) is 0 Å². The Hall–Kier alpha value is -1.10. The Balaban J connectivity index is 4.54. The topological polar surface area (TPSA) is 98.2 Å². The molecular weight excluding hydrogens is 206 g/mol. The van der Waals surface area contributed by atoms with E-state index in [4.69, 9.17) is 11.5 Å². The molecule has 5 N–H and O–H groups in total. The molecule has 0 rings (SSSR count). The van der Waals surface area contributed by atoms with Crippen LogP contribution in [0.5, 0.6) is 0 Å². The van der Waals surface area contributed by atoms with E-state index in [1.807, 2.05) is 27.7 Å². The molecule has 94 valence electrons. The maximum absolute atomic E-state index is 11.7. The molecule has 2 amide bonds. The predicted molar refractivity (Wildman–Crippen MR) is 63.5 cm³/mol. The summed E-state index contributed by atoms with van der Waals surface area (Å²) >= 11 is 0. The Kier molecular flexibility index (Phi) is 5.44. The first kappa shape index (κ1) is 14.9. The maximum atomic E-state index is 11.7. The van der Waals surface area contributed by atoms with E-state index < -0.39 is 23.4 Å². The third-order valence-corrected chi connectivity index (χ3v) is 2.37. The van der Waals surface area contributed by atoms with Crippen LogP contribution in [0, 0.1) is 5.41 Å². The Morgan fingerprint density at radius 1 is 1.31 bits per heavy atom. The first-order chi connectivity index (χ1) is 7.20. The zero-order valence-corrected chi connectivity index (χ0v) is 10.5. The number of hydrogen-bond donors (Lipinski definition) is 3. The van der Waals surface area contributed by atoms with Gasteiger partial charge in [-0.05, 0) is 11.8 Å². The Bertz CT molecular complexity index is 258. The van der Waals surface area contributed by atoms with Crippen LogP contribution < -0.4 is 16.8 Å². The highest BCUT2D eigenvalue weighted by Gasteiger charge is 2.31. The molecule has 0 spiro atoms. The van der Waals surface area contributed by atoms with Gasteiger partial charge in [0.15, 0.2) is 0 Å². The van der Waals surface area contributed by atoms with Gasteiger partial charge in [-0.1, -0.05) is 34.1 Å². The molecule has 16 heavy (non-hydrogen) atoms. The van der Waals surface area contributed by atoms with Gasteiger partial charge in [-0.25, -0.2) is 0 Å². The summed E-state index contributed by atoms with van der Waals surface area (Å²) in [5.41, 5.74) is 10.5. The quantitative estimate of drug-likeness (QED) is 0.625. The van der Waals surface area contributed by atoms with Gasteiger partial charge in [-0.2, -0.15) is 0 Å². The fraction of sp³-hybridized carbons (Fsp3) is 0.818. The minimum atomic E-state index is -0.692. The molecule has 2 atom stereocenters. The summed E-state index contributed by atoms with van der Waals surface area (Å²) in [6.07, 6.45) is 1.42. The van der Waals surface area contributed by atoms with Gasteiger partial charge in [-0.15, -0.1) is 0 Å². The maximum Gasteiger partial charge on any atom is 0.240 e. The third kappa shape index (κ3) is 4.61. The number of rotatable bonds is 5. The lowest BCUT2D eigenvalue weighted by Gasteiger charge is -2.29. The number of carbonyl (C=O) groups excluding carboxylic acids is 2. The molecule has 0 aromatic rings. The van der Waals surface area contributed by atoms with Crippen molar-refractivity contribution >= 4 is 11.8 Å². The molecular formula is C11H23N3O2. The highest BCUT2D eigenvalue weighted by molar-refractivity contribution is 5.89. The predicted octanol–water partition coefficient (Wildman–Crippen LogP) is 0.130. The van der Waals surface area contributed by atoms with E-state index in [1.165, 1.54) is 0 Å². The molecule has 0 heterocycles. The van der Waals surface area contributed by atoms with Gasteiger partial charge in [0.2, 0.25) is 11.8 Å². The minimum Gasteiger partial charge on any atom is -0.368 e. The largest absolute Gasteiger partial charge is 0.368 e. The van der Waals surface area contributed by atoms with Crippen molar-refractivity contribution in [1.29, 1.82) is 0 Å². The van der Waals surface area contributed by atoms with Crippen LogP contribution >= 0.6 is 0 Å². The number of nitrogens with two attached hydrogens (primary N) is 2. The normalized spacial score (nSPS) is 15.3. The number of primary amides is 1. The van der Waals surface area contributed by atoms with E-state index in [-0.39, 0.29) is 5.91 Å². The average Bonchev–Trinajstić information content (AvgIpc) is 2.11. The Morgan fingerprint density at radius 2 is 1.81 bits per heavy atom. The van der Waals surface area contributed by atoms with Crippen LogP contribution in [-0.4, -0.2) is 23.9 Å². The van der Waals surface area contributed by atoms with Gasteiger partial charge in [0.05, 0.1) is 6.04 Å². The van der Waals surface area contributed by atoms with E-state index in [0.717, 1.165) is 6.42 Å². The monoisotopic (exact) mass is 229 g/mol. The Labute approximate surface area is 96.9 Å². The molecule has 0 aliphatic heterocycles. The Morgan fingerprint density at radius 3 is 2.12 bits per heavy atom. The zero-order chi connectivity index (χ0) is 12.9. The standard InChI is InChI=1S/C11H23N3O2/c1-5-6-7(12)10(16)14-8(9(13)15)11(2,3)4/h7-8H,5-6,12H2,1-4H3,(H2,13,15)(H,14,16). The van der Waals surface area contributed by atoms with Crippen LogP contribution in [0.4, 0.5) is 0 Å². The van der Waals surface area contributed by atoms with Gasteiger partial charge in [0.1, 0.15) is 6.04 Å². The fourth-order valence-corrected chi connectivity index (χ4v) is 1.41. The molecule has 0 bridgehead atoms. The van der Waals surface area contributed by atoms with E-state index in [1.54, 1.807) is 0 Å². The zero-order valence-electron chi connectivity index (χ0n) is 10.5. The van der Waals surface area contributed by atoms with Crippen molar-refractivity contribution in [2.75, 3.05) is 0 Å². The van der Waals surface area contributed by atoms with Gasteiger partial charge < -0.3 is 16.8 Å². The van der Waals surface area contributed by atoms with Crippen molar-refractivity contribution < 1.29 is 9.59 Å². The molecule has 0 aliphatic carbocycles. The summed E-state index contributed by atoms with van der Waals surface area (Å²) < 4.78 is 0. The van der Waals surface area contributed by atoms with Crippen molar-refractivity contribution in [3.8, 4) is 0 Å². The highest BCUT2D eigenvalue weighted by atomic mass is 16.2. The van der Waals surface area contributed by atoms with Crippen molar-refractivity contribution in [2.24, 2.45) is 16.9 Å². The molecule has 0 aromatic carbocycles. The van der Waals surface area contributed by atoms with E-state index in [0.29, 0.717) is 6.42 Å². The van der Waals surface area contributed by atoms with Gasteiger partial charge in [0.25, 0.3) is 0 Å². The van der Waals surface area contributed by atoms with E-state index in [2.05, 4.69) is 5.32 Å². The summed E-state index contributed by atoms with van der Waals surface area (Å²) in [5.74, 6) is -0.856. The summed E-state index contributed by atoms with van der Waals surface area (Å²) in [5, 5.41) is 2.60.